The summed E-state index contributed by atoms with van der Waals surface area (Å²) in [4.78, 5) is 14.4. The number of alkyl halides is 2. The first kappa shape index (κ1) is 24.3. The molecular weight excluding hydrogens is 358 g/mol. The Hall–Kier alpha value is -1.75. The number of hydrogen-bond donors (Lipinski definition) is 0. The highest BCUT2D eigenvalue weighted by Gasteiger charge is 2.38. The van der Waals surface area contributed by atoms with Gasteiger partial charge in [0.05, 0.1) is 12.1 Å². The van der Waals surface area contributed by atoms with Gasteiger partial charge in [0.2, 0.25) is 0 Å². The third kappa shape index (κ3) is 5.63. The Morgan fingerprint density at radius 1 is 1.14 bits per heavy atom. The number of pyridine rings is 1. The van der Waals surface area contributed by atoms with E-state index in [1.165, 1.54) is 6.42 Å². The van der Waals surface area contributed by atoms with Crippen molar-refractivity contribution in [3.63, 3.8) is 0 Å². The second-order valence-electron chi connectivity index (χ2n) is 7.41. The van der Waals surface area contributed by atoms with Crippen molar-refractivity contribution in [1.29, 1.82) is 0 Å². The molecule has 0 spiro atoms. The molecule has 1 aliphatic rings. The summed E-state index contributed by atoms with van der Waals surface area (Å²) >= 11 is 0. The van der Waals surface area contributed by atoms with Crippen LogP contribution in [0.5, 0.6) is 0 Å². The summed E-state index contributed by atoms with van der Waals surface area (Å²) in [6.45, 7) is 14.7. The lowest BCUT2D eigenvalue weighted by atomic mass is 10.1. The number of hydrogen-bond acceptors (Lipinski definition) is 2. The minimum atomic E-state index is -2.62. The van der Waals surface area contributed by atoms with Crippen molar-refractivity contribution < 1.29 is 8.78 Å². The number of halogens is 2. The van der Waals surface area contributed by atoms with Crippen LogP contribution in [0.2, 0.25) is 0 Å². The Morgan fingerprint density at radius 2 is 1.71 bits per heavy atom. The molecule has 1 aromatic heterocycles. The van der Waals surface area contributed by atoms with Crippen LogP contribution in [0, 0.1) is 6.92 Å². The lowest BCUT2D eigenvalue weighted by Gasteiger charge is -2.25. The normalized spacial score (nSPS) is 15.8. The molecule has 2 heterocycles. The predicted octanol–water partition coefficient (Wildman–Crippen LogP) is 6.17. The van der Waals surface area contributed by atoms with E-state index in [1.54, 1.807) is 11.8 Å². The molecule has 0 aliphatic carbocycles. The molecule has 0 radical (unpaired) electrons. The van der Waals surface area contributed by atoms with Gasteiger partial charge in [0, 0.05) is 42.2 Å². The van der Waals surface area contributed by atoms with Crippen molar-refractivity contribution in [3.05, 3.63) is 45.7 Å². The van der Waals surface area contributed by atoms with Gasteiger partial charge in [-0.25, -0.2) is 8.78 Å². The van der Waals surface area contributed by atoms with E-state index in [2.05, 4.69) is 32.3 Å². The van der Waals surface area contributed by atoms with Crippen molar-refractivity contribution in [2.75, 3.05) is 13.1 Å². The number of likely N-dealkylation sites (tertiary alicyclic amines) is 1. The minimum Gasteiger partial charge on any atom is -0.340 e. The summed E-state index contributed by atoms with van der Waals surface area (Å²) in [6, 6.07) is 7.67. The van der Waals surface area contributed by atoms with Gasteiger partial charge in [-0.15, -0.1) is 0 Å². The fourth-order valence-corrected chi connectivity index (χ4v) is 3.47. The highest BCUT2D eigenvalue weighted by atomic mass is 19.3. The predicted molar refractivity (Wildman–Crippen MR) is 115 cm³/mol. The van der Waals surface area contributed by atoms with Gasteiger partial charge in [0.25, 0.3) is 5.92 Å². The summed E-state index contributed by atoms with van der Waals surface area (Å²) in [6.07, 6.45) is 1.14. The monoisotopic (exact) mass is 394 g/mol. The molecule has 0 unspecified atom stereocenters. The Balaban J connectivity index is 0.000000717. The zero-order valence-electron chi connectivity index (χ0n) is 18.5. The Labute approximate surface area is 168 Å². The molecule has 0 N–H and O–H groups in total. The first-order valence-electron chi connectivity index (χ1n) is 10.4. The quantitative estimate of drug-likeness (QED) is 0.621. The second-order valence-corrected chi connectivity index (χ2v) is 7.41. The van der Waals surface area contributed by atoms with E-state index in [0.29, 0.717) is 24.0 Å². The van der Waals surface area contributed by atoms with Crippen LogP contribution in [0.4, 0.5) is 8.78 Å². The number of nitrogens with zero attached hydrogens (tertiary/aromatic N) is 2. The Bertz CT molecular complexity index is 812. The van der Waals surface area contributed by atoms with E-state index in [-0.39, 0.29) is 24.4 Å². The maximum Gasteiger partial charge on any atom is 0.261 e. The van der Waals surface area contributed by atoms with Crippen LogP contribution in [-0.4, -0.2) is 28.5 Å². The van der Waals surface area contributed by atoms with Crippen molar-refractivity contribution in [1.82, 2.24) is 9.47 Å². The number of aromatic nitrogens is 1. The molecule has 0 saturated carbocycles. The van der Waals surface area contributed by atoms with Gasteiger partial charge in [-0.05, 0) is 32.9 Å². The largest absolute Gasteiger partial charge is 0.340 e. The van der Waals surface area contributed by atoms with Gasteiger partial charge < -0.3 is 4.57 Å². The molecule has 28 heavy (non-hydrogen) atoms. The zero-order chi connectivity index (χ0) is 21.5. The van der Waals surface area contributed by atoms with E-state index in [1.807, 2.05) is 38.1 Å². The van der Waals surface area contributed by atoms with Crippen molar-refractivity contribution in [2.24, 2.45) is 0 Å². The second kappa shape index (κ2) is 10.7. The van der Waals surface area contributed by atoms with E-state index < -0.39 is 5.92 Å². The average molecular weight is 395 g/mol. The van der Waals surface area contributed by atoms with Gasteiger partial charge >= 0.3 is 0 Å². The van der Waals surface area contributed by atoms with Crippen LogP contribution in [-0.2, 0) is 6.54 Å². The summed E-state index contributed by atoms with van der Waals surface area (Å²) in [5, 5.41) is 0.689. The van der Waals surface area contributed by atoms with Gasteiger partial charge in [0.15, 0.2) is 5.43 Å². The van der Waals surface area contributed by atoms with Crippen LogP contribution in [0.15, 0.2) is 29.1 Å². The Kier molecular flexibility index (Phi) is 9.28. The topological polar surface area (TPSA) is 25.2 Å². The molecule has 0 atom stereocenters. The summed E-state index contributed by atoms with van der Waals surface area (Å²) in [5.41, 5.74) is 2.38. The van der Waals surface area contributed by atoms with Crippen molar-refractivity contribution >= 4 is 10.9 Å². The zero-order valence-corrected chi connectivity index (χ0v) is 18.5. The molecule has 5 heteroatoms. The summed E-state index contributed by atoms with van der Waals surface area (Å²) < 4.78 is 29.1. The smallest absolute Gasteiger partial charge is 0.261 e. The van der Waals surface area contributed by atoms with Crippen molar-refractivity contribution in [2.45, 2.75) is 79.8 Å². The number of fused-ring (bicyclic) bond motifs is 1. The van der Waals surface area contributed by atoms with Gasteiger partial charge in [0.1, 0.15) is 0 Å². The third-order valence-electron chi connectivity index (χ3n) is 4.61. The number of rotatable bonds is 3. The lowest BCUT2D eigenvalue weighted by molar-refractivity contribution is 0.0113. The molecule has 158 valence electrons. The molecule has 3 nitrogen and oxygen atoms in total. The SMILES string of the molecule is CC.CCC.Cc1c(CN2CCC(F)(F)C2)n(C(C)C)c2ccccc2c1=O. The van der Waals surface area contributed by atoms with Crippen LogP contribution < -0.4 is 5.43 Å². The molecular formula is C23H36F2N2O. The molecule has 1 aromatic carbocycles. The molecule has 0 amide bonds. The van der Waals surface area contributed by atoms with Crippen LogP contribution in [0.1, 0.15) is 71.7 Å². The molecule has 2 aromatic rings. The lowest BCUT2D eigenvalue weighted by Crippen LogP contribution is -2.29. The molecule has 3 rings (SSSR count). The maximum atomic E-state index is 13.5. The molecule has 0 bridgehead atoms. The molecule has 1 fully saturated rings. The molecule has 1 saturated heterocycles. The van der Waals surface area contributed by atoms with E-state index in [0.717, 1.165) is 11.2 Å². The van der Waals surface area contributed by atoms with Crippen LogP contribution >= 0.6 is 0 Å². The van der Waals surface area contributed by atoms with Crippen molar-refractivity contribution in [3.8, 4) is 0 Å². The highest BCUT2D eigenvalue weighted by molar-refractivity contribution is 5.80. The summed E-state index contributed by atoms with van der Waals surface area (Å²) in [7, 11) is 0. The first-order chi connectivity index (χ1) is 13.2. The van der Waals surface area contributed by atoms with E-state index in [4.69, 9.17) is 0 Å². The number of para-hydroxylation sites is 1. The fraction of sp³-hybridized carbons (Fsp3) is 0.609. The highest BCUT2D eigenvalue weighted by Crippen LogP contribution is 2.29. The molecule has 1 aliphatic heterocycles. The third-order valence-corrected chi connectivity index (χ3v) is 4.61. The van der Waals surface area contributed by atoms with E-state index in [9.17, 15) is 13.6 Å². The number of benzene rings is 1. The van der Waals surface area contributed by atoms with Gasteiger partial charge in [-0.3, -0.25) is 9.69 Å². The van der Waals surface area contributed by atoms with E-state index >= 15 is 0 Å². The maximum absolute atomic E-state index is 13.5. The van der Waals surface area contributed by atoms with Crippen LogP contribution in [0.3, 0.4) is 0 Å². The Morgan fingerprint density at radius 3 is 2.21 bits per heavy atom. The standard InChI is InChI=1S/C18H22F2N2O.C3H8.C2H6/c1-12(2)22-15-7-5-4-6-14(15)17(23)13(3)16(22)10-21-9-8-18(19,20)11-21;1-3-2;1-2/h4-7,12H,8-11H2,1-3H3;3H2,1-2H3;1-2H3. The summed E-state index contributed by atoms with van der Waals surface area (Å²) in [5.74, 6) is -2.62. The minimum absolute atomic E-state index is 0.00143. The first-order valence-corrected chi connectivity index (χ1v) is 10.4. The van der Waals surface area contributed by atoms with Gasteiger partial charge in [-0.1, -0.05) is 46.2 Å². The van der Waals surface area contributed by atoms with Gasteiger partial charge in [-0.2, -0.15) is 0 Å². The fourth-order valence-electron chi connectivity index (χ4n) is 3.47. The van der Waals surface area contributed by atoms with Crippen LogP contribution in [0.25, 0.3) is 10.9 Å². The average Bonchev–Trinajstić information content (AvgIpc) is 3.00.